The van der Waals surface area contributed by atoms with Gasteiger partial charge in [0.15, 0.2) is 0 Å². The van der Waals surface area contributed by atoms with Gasteiger partial charge in [-0.25, -0.2) is 0 Å². The van der Waals surface area contributed by atoms with Crippen molar-refractivity contribution in [1.29, 1.82) is 0 Å². The highest BCUT2D eigenvalue weighted by molar-refractivity contribution is 5.78. The number of likely N-dealkylation sites (N-methyl/N-ethyl adjacent to an activating group) is 1. The minimum absolute atomic E-state index is 0.0210. The zero-order valence-electron chi connectivity index (χ0n) is 11.5. The van der Waals surface area contributed by atoms with Crippen molar-refractivity contribution in [3.8, 4) is 0 Å². The van der Waals surface area contributed by atoms with Crippen molar-refractivity contribution in [3.05, 3.63) is 0 Å². The topological polar surface area (TPSA) is 108 Å². The number of hydrogen-bond donors (Lipinski definition) is 4. The zero-order chi connectivity index (χ0) is 14.7. The molecule has 0 aromatic carbocycles. The van der Waals surface area contributed by atoms with Crippen molar-refractivity contribution in [1.82, 2.24) is 16.0 Å². The van der Waals surface area contributed by atoms with E-state index in [4.69, 9.17) is 5.11 Å². The van der Waals surface area contributed by atoms with Gasteiger partial charge in [0.1, 0.15) is 0 Å². The van der Waals surface area contributed by atoms with E-state index in [1.165, 1.54) is 0 Å². The third kappa shape index (κ3) is 11.2. The Labute approximate surface area is 113 Å². The highest BCUT2D eigenvalue weighted by Crippen LogP contribution is 2.00. The molecular formula is C12H23N3O4. The summed E-state index contributed by atoms with van der Waals surface area (Å²) in [6.45, 7) is 2.32. The molecule has 0 aliphatic heterocycles. The molecule has 0 radical (unpaired) electrons. The average molecular weight is 273 g/mol. The van der Waals surface area contributed by atoms with Crippen molar-refractivity contribution in [2.24, 2.45) is 0 Å². The van der Waals surface area contributed by atoms with Crippen LogP contribution in [0.25, 0.3) is 0 Å². The molecule has 1 unspecified atom stereocenters. The van der Waals surface area contributed by atoms with E-state index in [1.54, 1.807) is 7.05 Å². The fraction of sp³-hybridized carbons (Fsp3) is 0.750. The highest BCUT2D eigenvalue weighted by atomic mass is 16.4. The fourth-order valence-electron chi connectivity index (χ4n) is 1.52. The molecular weight excluding hydrogens is 250 g/mol. The molecule has 0 aromatic heterocycles. The number of carboxylic acid groups (broad SMARTS) is 1. The lowest BCUT2D eigenvalue weighted by atomic mass is 10.1. The van der Waals surface area contributed by atoms with Crippen LogP contribution in [0.2, 0.25) is 0 Å². The summed E-state index contributed by atoms with van der Waals surface area (Å²) in [6, 6.07) is 0.0210. The number of carboxylic acids is 1. The molecule has 7 heteroatoms. The Morgan fingerprint density at radius 3 is 2.42 bits per heavy atom. The minimum atomic E-state index is -0.929. The highest BCUT2D eigenvalue weighted by Gasteiger charge is 2.08. The van der Waals surface area contributed by atoms with Gasteiger partial charge in [0.05, 0.1) is 13.0 Å². The molecule has 0 aromatic rings. The van der Waals surface area contributed by atoms with Gasteiger partial charge in [-0.2, -0.15) is 0 Å². The second-order valence-corrected chi connectivity index (χ2v) is 4.38. The Balaban J connectivity index is 3.58. The maximum atomic E-state index is 11.3. The molecule has 0 bridgehead atoms. The lowest BCUT2D eigenvalue weighted by Gasteiger charge is -2.13. The Hall–Kier alpha value is -1.63. The molecule has 0 heterocycles. The predicted octanol–water partition coefficient (Wildman–Crippen LogP) is -0.528. The van der Waals surface area contributed by atoms with Gasteiger partial charge in [-0.15, -0.1) is 0 Å². The number of carbonyl (C=O) groups is 3. The van der Waals surface area contributed by atoms with Gasteiger partial charge < -0.3 is 21.1 Å². The van der Waals surface area contributed by atoms with Gasteiger partial charge in [-0.1, -0.05) is 0 Å². The van der Waals surface area contributed by atoms with Crippen LogP contribution in [0.15, 0.2) is 0 Å². The van der Waals surface area contributed by atoms with E-state index < -0.39 is 5.97 Å². The van der Waals surface area contributed by atoms with Gasteiger partial charge in [0.25, 0.3) is 0 Å². The molecule has 19 heavy (non-hydrogen) atoms. The normalized spacial score (nSPS) is 11.7. The molecule has 110 valence electrons. The van der Waals surface area contributed by atoms with Crippen LogP contribution in [0.1, 0.15) is 32.6 Å². The first-order valence-corrected chi connectivity index (χ1v) is 6.38. The van der Waals surface area contributed by atoms with Gasteiger partial charge in [-0.05, 0) is 26.8 Å². The Kier molecular flexibility index (Phi) is 9.42. The third-order valence-electron chi connectivity index (χ3n) is 2.45. The SMILES string of the molecule is CNCC(=O)NC(C)CCCC(=O)NCCC(=O)O. The maximum Gasteiger partial charge on any atom is 0.305 e. The molecule has 7 nitrogen and oxygen atoms in total. The van der Waals surface area contributed by atoms with E-state index in [1.807, 2.05) is 6.92 Å². The number of aliphatic carboxylic acids is 1. The Bertz CT molecular complexity index is 307. The van der Waals surface area contributed by atoms with Crippen LogP contribution in [-0.4, -0.2) is 49.1 Å². The van der Waals surface area contributed by atoms with Gasteiger partial charge >= 0.3 is 5.97 Å². The summed E-state index contributed by atoms with van der Waals surface area (Å²) in [7, 11) is 1.70. The summed E-state index contributed by atoms with van der Waals surface area (Å²) < 4.78 is 0. The zero-order valence-corrected chi connectivity index (χ0v) is 11.5. The molecule has 4 N–H and O–H groups in total. The lowest BCUT2D eigenvalue weighted by molar-refractivity contribution is -0.137. The van der Waals surface area contributed by atoms with Crippen LogP contribution in [0.4, 0.5) is 0 Å². The maximum absolute atomic E-state index is 11.3. The number of nitrogens with one attached hydrogen (secondary N) is 3. The Morgan fingerprint density at radius 1 is 1.16 bits per heavy atom. The van der Waals surface area contributed by atoms with Gasteiger partial charge in [0.2, 0.25) is 11.8 Å². The van der Waals surface area contributed by atoms with Crippen molar-refractivity contribution >= 4 is 17.8 Å². The van der Waals surface area contributed by atoms with Crippen molar-refractivity contribution in [2.45, 2.75) is 38.6 Å². The fourth-order valence-corrected chi connectivity index (χ4v) is 1.52. The first-order valence-electron chi connectivity index (χ1n) is 6.38. The predicted molar refractivity (Wildman–Crippen MR) is 70.6 cm³/mol. The van der Waals surface area contributed by atoms with E-state index >= 15 is 0 Å². The van der Waals surface area contributed by atoms with Crippen LogP contribution in [0.3, 0.4) is 0 Å². The summed E-state index contributed by atoms with van der Waals surface area (Å²) in [6.07, 6.45) is 1.63. The molecule has 0 saturated heterocycles. The largest absolute Gasteiger partial charge is 0.481 e. The first kappa shape index (κ1) is 17.4. The summed E-state index contributed by atoms with van der Waals surface area (Å²) in [5.74, 6) is -1.16. The molecule has 0 spiro atoms. The molecule has 0 fully saturated rings. The molecule has 2 amide bonds. The average Bonchev–Trinajstić information content (AvgIpc) is 2.28. The number of amides is 2. The number of carbonyl (C=O) groups excluding carboxylic acids is 2. The monoisotopic (exact) mass is 273 g/mol. The van der Waals surface area contributed by atoms with Gasteiger partial charge in [-0.3, -0.25) is 14.4 Å². The summed E-state index contributed by atoms with van der Waals surface area (Å²) >= 11 is 0. The van der Waals surface area contributed by atoms with Crippen LogP contribution in [-0.2, 0) is 14.4 Å². The molecule has 1 atom stereocenters. The first-order chi connectivity index (χ1) is 8.95. The third-order valence-corrected chi connectivity index (χ3v) is 2.45. The number of rotatable bonds is 10. The summed E-state index contributed by atoms with van der Waals surface area (Å²) in [4.78, 5) is 32.8. The molecule has 0 aliphatic rings. The molecule has 0 saturated carbocycles. The van der Waals surface area contributed by atoms with Crippen molar-refractivity contribution < 1.29 is 19.5 Å². The van der Waals surface area contributed by atoms with E-state index in [9.17, 15) is 14.4 Å². The minimum Gasteiger partial charge on any atom is -0.481 e. The van der Waals surface area contributed by atoms with Gasteiger partial charge in [0, 0.05) is 19.0 Å². The summed E-state index contributed by atoms with van der Waals surface area (Å²) in [5, 5.41) is 16.5. The van der Waals surface area contributed by atoms with Crippen molar-refractivity contribution in [3.63, 3.8) is 0 Å². The lowest BCUT2D eigenvalue weighted by Crippen LogP contribution is -2.38. The summed E-state index contributed by atoms with van der Waals surface area (Å²) in [5.41, 5.74) is 0. The molecule has 0 rings (SSSR count). The second-order valence-electron chi connectivity index (χ2n) is 4.38. The smallest absolute Gasteiger partial charge is 0.305 e. The van der Waals surface area contributed by atoms with E-state index in [0.717, 1.165) is 0 Å². The van der Waals surface area contributed by atoms with Crippen molar-refractivity contribution in [2.75, 3.05) is 20.1 Å². The second kappa shape index (κ2) is 10.3. The van der Waals surface area contributed by atoms with Crippen LogP contribution in [0.5, 0.6) is 0 Å². The van der Waals surface area contributed by atoms with Crippen LogP contribution in [0, 0.1) is 0 Å². The van der Waals surface area contributed by atoms with E-state index in [0.29, 0.717) is 19.3 Å². The molecule has 0 aliphatic carbocycles. The van der Waals surface area contributed by atoms with Crippen LogP contribution >= 0.6 is 0 Å². The van der Waals surface area contributed by atoms with E-state index in [-0.39, 0.29) is 37.4 Å². The quantitative estimate of drug-likeness (QED) is 0.428. The van der Waals surface area contributed by atoms with E-state index in [2.05, 4.69) is 16.0 Å². The Morgan fingerprint density at radius 2 is 1.84 bits per heavy atom. The standard InChI is InChI=1S/C12H23N3O4/c1-9(15-11(17)8-13-2)4-3-5-10(16)14-7-6-12(18)19/h9,13H,3-8H2,1-2H3,(H,14,16)(H,15,17)(H,18,19). The number of hydrogen-bond acceptors (Lipinski definition) is 4. The van der Waals surface area contributed by atoms with Crippen LogP contribution < -0.4 is 16.0 Å².